The molecule has 5 heteroatoms. The smallest absolute Gasteiger partial charge is 0.263 e. The Morgan fingerprint density at radius 1 is 1.42 bits per heavy atom. The number of carbonyl (C=O) groups excluding carboxylic acids is 1. The molecule has 0 aliphatic carbocycles. The Labute approximate surface area is 125 Å². The fraction of sp³-hybridized carbons (Fsp3) is 0.357. The maximum atomic E-state index is 12.3. The molecule has 0 aliphatic heterocycles. The molecule has 2 rings (SSSR count). The Morgan fingerprint density at radius 3 is 2.74 bits per heavy atom. The van der Waals surface area contributed by atoms with Gasteiger partial charge in [0.1, 0.15) is 4.88 Å². The topological polar surface area (TPSA) is 55.1 Å². The van der Waals surface area contributed by atoms with Crippen molar-refractivity contribution in [2.75, 3.05) is 5.73 Å². The molecule has 0 saturated heterocycles. The third-order valence-electron chi connectivity index (χ3n) is 3.22. The van der Waals surface area contributed by atoms with Crippen LogP contribution in [0.4, 0.5) is 5.69 Å². The van der Waals surface area contributed by atoms with Gasteiger partial charge in [-0.3, -0.25) is 4.79 Å². The van der Waals surface area contributed by atoms with E-state index in [0.717, 1.165) is 27.4 Å². The van der Waals surface area contributed by atoms with E-state index in [4.69, 9.17) is 5.73 Å². The maximum Gasteiger partial charge on any atom is 0.263 e. The van der Waals surface area contributed by atoms with Crippen molar-refractivity contribution in [2.45, 2.75) is 32.7 Å². The van der Waals surface area contributed by atoms with Crippen LogP contribution in [0, 0.1) is 0 Å². The number of benzene rings is 1. The molecule has 1 aromatic carbocycles. The van der Waals surface area contributed by atoms with Crippen LogP contribution in [0.5, 0.6) is 0 Å². The van der Waals surface area contributed by atoms with Crippen LogP contribution in [0.3, 0.4) is 0 Å². The molecular formula is C14H17BrN2OS. The SMILES string of the molecule is CCC(CC)NC(=O)c1sc2ccc(Br)cc2c1N. The number of fused-ring (bicyclic) bond motifs is 1. The van der Waals surface area contributed by atoms with E-state index in [2.05, 4.69) is 35.1 Å². The zero-order valence-corrected chi connectivity index (χ0v) is 13.4. The van der Waals surface area contributed by atoms with E-state index >= 15 is 0 Å². The van der Waals surface area contributed by atoms with Crippen LogP contribution in [-0.4, -0.2) is 11.9 Å². The predicted molar refractivity (Wildman–Crippen MR) is 85.8 cm³/mol. The second-order valence-corrected chi connectivity index (χ2v) is 6.44. The lowest BCUT2D eigenvalue weighted by atomic mass is 10.1. The summed E-state index contributed by atoms with van der Waals surface area (Å²) in [6.45, 7) is 4.14. The van der Waals surface area contributed by atoms with Gasteiger partial charge in [-0.05, 0) is 31.0 Å². The van der Waals surface area contributed by atoms with Crippen molar-refractivity contribution in [2.24, 2.45) is 0 Å². The van der Waals surface area contributed by atoms with Crippen molar-refractivity contribution in [3.8, 4) is 0 Å². The van der Waals surface area contributed by atoms with Gasteiger partial charge in [0.05, 0.1) is 5.69 Å². The molecule has 0 bridgehead atoms. The van der Waals surface area contributed by atoms with Crippen molar-refractivity contribution >= 4 is 48.9 Å². The first-order chi connectivity index (χ1) is 9.06. The lowest BCUT2D eigenvalue weighted by Gasteiger charge is -2.14. The first-order valence-electron chi connectivity index (χ1n) is 6.35. The highest BCUT2D eigenvalue weighted by atomic mass is 79.9. The van der Waals surface area contributed by atoms with Gasteiger partial charge in [-0.2, -0.15) is 0 Å². The van der Waals surface area contributed by atoms with Crippen molar-refractivity contribution in [1.29, 1.82) is 0 Å². The average Bonchev–Trinajstić information content (AvgIpc) is 2.73. The van der Waals surface area contributed by atoms with Crippen LogP contribution < -0.4 is 11.1 Å². The maximum absolute atomic E-state index is 12.3. The summed E-state index contributed by atoms with van der Waals surface area (Å²) in [6.07, 6.45) is 1.86. The summed E-state index contributed by atoms with van der Waals surface area (Å²) in [5.74, 6) is -0.0662. The number of halogens is 1. The van der Waals surface area contributed by atoms with Gasteiger partial charge in [-0.15, -0.1) is 11.3 Å². The minimum Gasteiger partial charge on any atom is -0.397 e. The molecule has 3 nitrogen and oxygen atoms in total. The van der Waals surface area contributed by atoms with Crippen LogP contribution >= 0.6 is 27.3 Å². The van der Waals surface area contributed by atoms with E-state index in [9.17, 15) is 4.79 Å². The van der Waals surface area contributed by atoms with E-state index in [-0.39, 0.29) is 11.9 Å². The summed E-state index contributed by atoms with van der Waals surface area (Å²) in [7, 11) is 0. The summed E-state index contributed by atoms with van der Waals surface area (Å²) in [5.41, 5.74) is 6.67. The van der Waals surface area contributed by atoms with Gasteiger partial charge in [0.15, 0.2) is 0 Å². The van der Waals surface area contributed by atoms with E-state index in [1.54, 1.807) is 0 Å². The van der Waals surface area contributed by atoms with Crippen LogP contribution in [0.2, 0.25) is 0 Å². The molecule has 0 fully saturated rings. The zero-order chi connectivity index (χ0) is 14.0. The molecule has 0 saturated carbocycles. The van der Waals surface area contributed by atoms with E-state index in [0.29, 0.717) is 10.6 Å². The number of nitrogens with one attached hydrogen (secondary N) is 1. The van der Waals surface area contributed by atoms with Crippen molar-refractivity contribution in [3.05, 3.63) is 27.5 Å². The van der Waals surface area contributed by atoms with Crippen LogP contribution in [-0.2, 0) is 0 Å². The fourth-order valence-corrected chi connectivity index (χ4v) is 3.37. The lowest BCUT2D eigenvalue weighted by molar-refractivity contribution is 0.0940. The first kappa shape index (κ1) is 14.3. The van der Waals surface area contributed by atoms with Gasteiger partial charge in [0.25, 0.3) is 5.91 Å². The summed E-state index contributed by atoms with van der Waals surface area (Å²) in [5, 5.41) is 3.97. The Kier molecular flexibility index (Phi) is 4.47. The van der Waals surface area contributed by atoms with Crippen LogP contribution in [0.25, 0.3) is 10.1 Å². The highest BCUT2D eigenvalue weighted by Crippen LogP contribution is 2.35. The minimum absolute atomic E-state index is 0.0662. The summed E-state index contributed by atoms with van der Waals surface area (Å²) >= 11 is 4.87. The fourth-order valence-electron chi connectivity index (χ4n) is 2.00. The van der Waals surface area contributed by atoms with Crippen LogP contribution in [0.1, 0.15) is 36.4 Å². The first-order valence-corrected chi connectivity index (χ1v) is 7.96. The van der Waals surface area contributed by atoms with Gasteiger partial charge in [0.2, 0.25) is 0 Å². The number of nitrogens with two attached hydrogens (primary N) is 1. The number of rotatable bonds is 4. The van der Waals surface area contributed by atoms with Gasteiger partial charge in [0, 0.05) is 20.6 Å². The third-order valence-corrected chi connectivity index (χ3v) is 4.89. The molecule has 1 heterocycles. The molecule has 3 N–H and O–H groups in total. The van der Waals surface area contributed by atoms with Crippen molar-refractivity contribution in [3.63, 3.8) is 0 Å². The molecule has 0 radical (unpaired) electrons. The predicted octanol–water partition coefficient (Wildman–Crippen LogP) is 4.16. The molecule has 0 atom stereocenters. The molecule has 0 unspecified atom stereocenters. The summed E-state index contributed by atoms with van der Waals surface area (Å²) in [6, 6.07) is 6.11. The minimum atomic E-state index is -0.0662. The quantitative estimate of drug-likeness (QED) is 0.877. The summed E-state index contributed by atoms with van der Waals surface area (Å²) < 4.78 is 2.01. The molecule has 0 aliphatic rings. The third kappa shape index (κ3) is 2.92. The van der Waals surface area contributed by atoms with E-state index in [1.807, 2.05) is 18.2 Å². The molecule has 2 aromatic rings. The number of carbonyl (C=O) groups is 1. The molecule has 0 spiro atoms. The number of hydrogen-bond acceptors (Lipinski definition) is 3. The van der Waals surface area contributed by atoms with Crippen molar-refractivity contribution in [1.82, 2.24) is 5.32 Å². The highest BCUT2D eigenvalue weighted by molar-refractivity contribution is 9.10. The lowest BCUT2D eigenvalue weighted by Crippen LogP contribution is -2.33. The van der Waals surface area contributed by atoms with Gasteiger partial charge in [-0.1, -0.05) is 29.8 Å². The monoisotopic (exact) mass is 340 g/mol. The normalized spacial score (nSPS) is 11.2. The Bertz CT molecular complexity index is 605. The number of thiophene rings is 1. The van der Waals surface area contributed by atoms with E-state index in [1.165, 1.54) is 11.3 Å². The number of anilines is 1. The largest absolute Gasteiger partial charge is 0.397 e. The van der Waals surface area contributed by atoms with Crippen molar-refractivity contribution < 1.29 is 4.79 Å². The second kappa shape index (κ2) is 5.92. The van der Waals surface area contributed by atoms with Crippen LogP contribution in [0.15, 0.2) is 22.7 Å². The molecule has 19 heavy (non-hydrogen) atoms. The average molecular weight is 341 g/mol. The Hall–Kier alpha value is -1.07. The standard InChI is InChI=1S/C14H17BrN2OS/c1-3-9(4-2)17-14(18)13-12(16)10-7-8(15)5-6-11(10)19-13/h5-7,9H,3-4,16H2,1-2H3,(H,17,18). The van der Waals surface area contributed by atoms with Gasteiger partial charge >= 0.3 is 0 Å². The highest BCUT2D eigenvalue weighted by Gasteiger charge is 2.18. The summed E-state index contributed by atoms with van der Waals surface area (Å²) in [4.78, 5) is 12.9. The van der Waals surface area contributed by atoms with E-state index < -0.39 is 0 Å². The zero-order valence-electron chi connectivity index (χ0n) is 11.0. The second-order valence-electron chi connectivity index (χ2n) is 4.47. The number of amides is 1. The molecular weight excluding hydrogens is 324 g/mol. The van der Waals surface area contributed by atoms with Gasteiger partial charge < -0.3 is 11.1 Å². The van der Waals surface area contributed by atoms with Gasteiger partial charge in [-0.25, -0.2) is 0 Å². The Morgan fingerprint density at radius 2 is 2.11 bits per heavy atom. The molecule has 102 valence electrons. The Balaban J connectivity index is 2.35. The molecule has 1 aromatic heterocycles. The number of hydrogen-bond donors (Lipinski definition) is 2. The number of nitrogen functional groups attached to an aromatic ring is 1. The molecule has 1 amide bonds.